The Morgan fingerprint density at radius 1 is 1.10 bits per heavy atom. The zero-order chi connectivity index (χ0) is 20.8. The van der Waals surface area contributed by atoms with E-state index >= 15 is 0 Å². The zero-order valence-electron chi connectivity index (χ0n) is 16.8. The molecule has 7 nitrogen and oxygen atoms in total. The number of hydrogen-bond acceptors (Lipinski definition) is 4. The van der Waals surface area contributed by atoms with E-state index in [1.807, 2.05) is 37.5 Å². The number of aryl methyl sites for hydroxylation is 1. The topological polar surface area (TPSA) is 76.5 Å². The average Bonchev–Trinajstić information content (AvgIpc) is 3.16. The third-order valence-corrected chi connectivity index (χ3v) is 4.45. The van der Waals surface area contributed by atoms with Gasteiger partial charge in [-0.1, -0.05) is 36.4 Å². The summed E-state index contributed by atoms with van der Waals surface area (Å²) in [6.45, 7) is 0.232. The van der Waals surface area contributed by atoms with Crippen LogP contribution in [0.3, 0.4) is 0 Å². The van der Waals surface area contributed by atoms with Gasteiger partial charge in [0.05, 0.1) is 11.8 Å². The molecule has 0 atom stereocenters. The molecule has 1 aromatic heterocycles. The normalized spacial score (nSPS) is 10.4. The van der Waals surface area contributed by atoms with Gasteiger partial charge in [-0.05, 0) is 23.3 Å². The number of carbonyl (C=O) groups excluding carboxylic acids is 2. The van der Waals surface area contributed by atoms with E-state index in [1.54, 1.807) is 49.2 Å². The summed E-state index contributed by atoms with van der Waals surface area (Å²) in [6, 6.07) is 14.8. The van der Waals surface area contributed by atoms with Gasteiger partial charge in [0.15, 0.2) is 6.61 Å². The molecule has 3 rings (SSSR count). The molecular weight excluding hydrogens is 368 g/mol. The highest BCUT2D eigenvalue weighted by atomic mass is 16.5. The lowest BCUT2D eigenvalue weighted by Gasteiger charge is -2.14. The van der Waals surface area contributed by atoms with E-state index in [1.165, 1.54) is 4.90 Å². The lowest BCUT2D eigenvalue weighted by Crippen LogP contribution is -2.28. The van der Waals surface area contributed by atoms with E-state index in [0.717, 1.165) is 16.7 Å². The second kappa shape index (κ2) is 9.05. The molecule has 0 unspecified atom stereocenters. The van der Waals surface area contributed by atoms with E-state index in [-0.39, 0.29) is 18.4 Å². The van der Waals surface area contributed by atoms with Crippen LogP contribution in [0.5, 0.6) is 5.75 Å². The molecule has 7 heteroatoms. The van der Waals surface area contributed by atoms with E-state index in [4.69, 9.17) is 4.74 Å². The summed E-state index contributed by atoms with van der Waals surface area (Å²) < 4.78 is 7.31. The Labute approximate surface area is 169 Å². The van der Waals surface area contributed by atoms with Gasteiger partial charge in [-0.3, -0.25) is 14.3 Å². The van der Waals surface area contributed by atoms with Gasteiger partial charge in [-0.25, -0.2) is 0 Å². The van der Waals surface area contributed by atoms with E-state index in [0.29, 0.717) is 17.9 Å². The predicted octanol–water partition coefficient (Wildman–Crippen LogP) is 2.48. The third-order valence-electron chi connectivity index (χ3n) is 4.45. The SMILES string of the molecule is CN(C)C(=O)COc1ccccc1C(=O)NCc1ccccc1-c1cnn(C)c1. The van der Waals surface area contributed by atoms with Crippen LogP contribution in [0.25, 0.3) is 11.1 Å². The minimum absolute atomic E-state index is 0.124. The highest BCUT2D eigenvalue weighted by molar-refractivity contribution is 5.97. The number of aromatic nitrogens is 2. The first kappa shape index (κ1) is 20.1. The number of nitrogens with one attached hydrogen (secondary N) is 1. The van der Waals surface area contributed by atoms with Crippen LogP contribution in [0.2, 0.25) is 0 Å². The Hall–Kier alpha value is -3.61. The Bertz CT molecular complexity index is 1010. The van der Waals surface area contributed by atoms with Crippen LogP contribution in [-0.4, -0.2) is 47.2 Å². The van der Waals surface area contributed by atoms with Gasteiger partial charge in [0.2, 0.25) is 0 Å². The highest BCUT2D eigenvalue weighted by Crippen LogP contribution is 2.23. The summed E-state index contributed by atoms with van der Waals surface area (Å²) in [5, 5.41) is 7.16. The van der Waals surface area contributed by atoms with Crippen LogP contribution < -0.4 is 10.1 Å². The fraction of sp³-hybridized carbons (Fsp3) is 0.227. The van der Waals surface area contributed by atoms with Crippen molar-refractivity contribution in [1.29, 1.82) is 0 Å². The first-order chi connectivity index (χ1) is 14.0. The molecule has 0 spiro atoms. The first-order valence-corrected chi connectivity index (χ1v) is 9.23. The molecule has 0 aliphatic heterocycles. The maximum absolute atomic E-state index is 12.8. The smallest absolute Gasteiger partial charge is 0.259 e. The first-order valence-electron chi connectivity index (χ1n) is 9.23. The third kappa shape index (κ3) is 5.01. The van der Waals surface area contributed by atoms with Crippen molar-refractivity contribution in [2.75, 3.05) is 20.7 Å². The molecule has 2 aromatic carbocycles. The van der Waals surface area contributed by atoms with Crippen LogP contribution in [-0.2, 0) is 18.4 Å². The van der Waals surface area contributed by atoms with E-state index < -0.39 is 0 Å². The van der Waals surface area contributed by atoms with Gasteiger partial charge in [0.1, 0.15) is 5.75 Å². The van der Waals surface area contributed by atoms with Gasteiger partial charge in [0.25, 0.3) is 11.8 Å². The maximum Gasteiger partial charge on any atom is 0.259 e. The van der Waals surface area contributed by atoms with Crippen LogP contribution in [0, 0.1) is 0 Å². The van der Waals surface area contributed by atoms with E-state index in [2.05, 4.69) is 10.4 Å². The number of amides is 2. The number of carbonyl (C=O) groups is 2. The van der Waals surface area contributed by atoms with Gasteiger partial charge < -0.3 is 15.0 Å². The van der Waals surface area contributed by atoms with Crippen molar-refractivity contribution < 1.29 is 14.3 Å². The second-order valence-corrected chi connectivity index (χ2v) is 6.82. The van der Waals surface area contributed by atoms with Gasteiger partial charge in [-0.15, -0.1) is 0 Å². The molecule has 0 fully saturated rings. The zero-order valence-corrected chi connectivity index (χ0v) is 16.8. The minimum Gasteiger partial charge on any atom is -0.483 e. The number of rotatable bonds is 7. The average molecular weight is 392 g/mol. The van der Waals surface area contributed by atoms with Gasteiger partial charge in [-0.2, -0.15) is 5.10 Å². The molecular formula is C22H24N4O3. The lowest BCUT2D eigenvalue weighted by atomic mass is 10.0. The van der Waals surface area contributed by atoms with Crippen molar-refractivity contribution in [3.63, 3.8) is 0 Å². The van der Waals surface area contributed by atoms with Crippen LogP contribution >= 0.6 is 0 Å². The number of benzene rings is 2. The number of hydrogen-bond donors (Lipinski definition) is 1. The Morgan fingerprint density at radius 2 is 1.83 bits per heavy atom. The fourth-order valence-corrected chi connectivity index (χ4v) is 2.84. The number of para-hydroxylation sites is 1. The number of likely N-dealkylation sites (N-methyl/N-ethyl adjacent to an activating group) is 1. The molecule has 0 aliphatic rings. The minimum atomic E-state index is -0.265. The van der Waals surface area contributed by atoms with Crippen LogP contribution in [0.15, 0.2) is 60.9 Å². The lowest BCUT2D eigenvalue weighted by molar-refractivity contribution is -0.130. The van der Waals surface area contributed by atoms with Gasteiger partial charge >= 0.3 is 0 Å². The quantitative estimate of drug-likeness (QED) is 0.670. The fourth-order valence-electron chi connectivity index (χ4n) is 2.84. The second-order valence-electron chi connectivity index (χ2n) is 6.82. The Kier molecular flexibility index (Phi) is 6.29. The van der Waals surface area contributed by atoms with Gasteiger partial charge in [0, 0.05) is 39.4 Å². The molecule has 2 amide bonds. The summed E-state index contributed by atoms with van der Waals surface area (Å²) in [6.07, 6.45) is 3.73. The maximum atomic E-state index is 12.8. The molecule has 1 heterocycles. The summed E-state index contributed by atoms with van der Waals surface area (Å²) in [5.41, 5.74) is 3.37. The largest absolute Gasteiger partial charge is 0.483 e. The summed E-state index contributed by atoms with van der Waals surface area (Å²) >= 11 is 0. The monoisotopic (exact) mass is 392 g/mol. The van der Waals surface area contributed by atoms with Crippen molar-refractivity contribution in [3.05, 3.63) is 72.1 Å². The van der Waals surface area contributed by atoms with Crippen molar-refractivity contribution in [1.82, 2.24) is 20.0 Å². The predicted molar refractivity (Wildman–Crippen MR) is 110 cm³/mol. The Balaban J connectivity index is 1.72. The molecule has 29 heavy (non-hydrogen) atoms. The molecule has 0 aliphatic carbocycles. The van der Waals surface area contributed by atoms with E-state index in [9.17, 15) is 9.59 Å². The molecule has 1 N–H and O–H groups in total. The van der Waals surface area contributed by atoms with Crippen molar-refractivity contribution >= 4 is 11.8 Å². The molecule has 0 radical (unpaired) electrons. The highest BCUT2D eigenvalue weighted by Gasteiger charge is 2.15. The molecule has 0 saturated heterocycles. The van der Waals surface area contributed by atoms with Crippen molar-refractivity contribution in [2.45, 2.75) is 6.54 Å². The molecule has 0 bridgehead atoms. The summed E-state index contributed by atoms with van der Waals surface area (Å²) in [5.74, 6) is -0.0646. The Morgan fingerprint density at radius 3 is 2.55 bits per heavy atom. The van der Waals surface area contributed by atoms with Crippen LogP contribution in [0.4, 0.5) is 0 Å². The summed E-state index contributed by atoms with van der Waals surface area (Å²) in [4.78, 5) is 26.0. The van der Waals surface area contributed by atoms with Crippen molar-refractivity contribution in [3.8, 4) is 16.9 Å². The number of nitrogens with zero attached hydrogens (tertiary/aromatic N) is 3. The molecule has 0 saturated carbocycles. The molecule has 3 aromatic rings. The number of ether oxygens (including phenoxy) is 1. The van der Waals surface area contributed by atoms with Crippen molar-refractivity contribution in [2.24, 2.45) is 7.05 Å². The summed E-state index contributed by atoms with van der Waals surface area (Å²) in [7, 11) is 5.18. The van der Waals surface area contributed by atoms with Crippen LogP contribution in [0.1, 0.15) is 15.9 Å². The molecule has 150 valence electrons. The standard InChI is InChI=1S/C22H24N4O3/c1-25(2)21(27)15-29-20-11-7-6-10-19(20)22(28)23-12-16-8-4-5-9-18(16)17-13-24-26(3)14-17/h4-11,13-14H,12,15H2,1-3H3,(H,23,28).